The maximum atomic E-state index is 12.1. The molecule has 2 N–H and O–H groups in total. The van der Waals surface area contributed by atoms with Gasteiger partial charge in [-0.3, -0.25) is 0 Å². The van der Waals surface area contributed by atoms with E-state index in [0.717, 1.165) is 0 Å². The Hall–Kier alpha value is -4.64. The van der Waals surface area contributed by atoms with Crippen LogP contribution >= 0.6 is 0 Å². The molecular formula is C48H26N4Na4O8. The number of aromatic amines is 2. The molecule has 0 saturated carbocycles. The van der Waals surface area contributed by atoms with Crippen LogP contribution in [0.5, 0.6) is 0 Å². The number of carbonyl (C=O) groups is 4. The van der Waals surface area contributed by atoms with Gasteiger partial charge in [-0.1, -0.05) is 72.8 Å². The topological polar surface area (TPSA) is 218 Å². The average Bonchev–Trinajstić information content (AvgIpc) is 4.09. The summed E-state index contributed by atoms with van der Waals surface area (Å²) >= 11 is 0. The Morgan fingerprint density at radius 1 is 0.344 bits per heavy atom. The van der Waals surface area contributed by atoms with Crippen molar-refractivity contribution in [3.05, 3.63) is 166 Å². The molecule has 0 spiro atoms. The third kappa shape index (κ3) is 9.94. The zero-order valence-corrected chi connectivity index (χ0v) is 43.0. The molecule has 290 valence electrons. The number of nitrogens with one attached hydrogen (secondary N) is 2. The Morgan fingerprint density at radius 3 is 0.766 bits per heavy atom. The number of H-pyrrole nitrogens is 2. The van der Waals surface area contributed by atoms with Crippen molar-refractivity contribution in [3.8, 4) is 44.5 Å². The van der Waals surface area contributed by atoms with Crippen molar-refractivity contribution in [1.29, 1.82) is 0 Å². The van der Waals surface area contributed by atoms with Gasteiger partial charge in [0.1, 0.15) is 0 Å². The SMILES string of the molecule is O=C([O-])c1cccc(-c2c3nc(c(-c4cccc(C(=O)[O-])c4)c4ccc([nH]4)c(-c4cccc(C(=O)[O-])c4)c4nc(c(-c5cccc(C(=O)[O-])c5)c5ccc2[nH]5)C=C4)C=C3)c1.[Na+].[Na+].[Na+].[Na+]. The maximum absolute atomic E-state index is 12.1. The molecule has 0 saturated heterocycles. The average molecular weight is 879 g/mol. The number of rotatable bonds is 8. The molecule has 0 radical (unpaired) electrons. The number of fused-ring (bicyclic) bond motifs is 8. The fraction of sp³-hybridized carbons (Fsp3) is 0. The van der Waals surface area contributed by atoms with Gasteiger partial charge in [-0.15, -0.1) is 0 Å². The first kappa shape index (κ1) is 50.4. The summed E-state index contributed by atoms with van der Waals surface area (Å²) in [6, 6.07) is 32.1. The van der Waals surface area contributed by atoms with Gasteiger partial charge in [0.25, 0.3) is 0 Å². The number of benzene rings is 4. The number of aromatic nitrogens is 4. The molecule has 3 aromatic heterocycles. The molecule has 0 aliphatic carbocycles. The van der Waals surface area contributed by atoms with Gasteiger partial charge >= 0.3 is 118 Å². The van der Waals surface area contributed by atoms with Gasteiger partial charge in [0, 0.05) is 44.3 Å². The first-order valence-corrected chi connectivity index (χ1v) is 18.5. The van der Waals surface area contributed by atoms with Crippen molar-refractivity contribution in [2.45, 2.75) is 0 Å². The third-order valence-corrected chi connectivity index (χ3v) is 10.3. The van der Waals surface area contributed by atoms with E-state index in [9.17, 15) is 39.6 Å². The Labute approximate surface area is 453 Å². The quantitative estimate of drug-likeness (QED) is 0.138. The predicted octanol–water partition coefficient (Wildman–Crippen LogP) is -7.21. The summed E-state index contributed by atoms with van der Waals surface area (Å²) in [7, 11) is 0. The zero-order valence-electron chi connectivity index (χ0n) is 35.0. The van der Waals surface area contributed by atoms with Crippen LogP contribution in [0.4, 0.5) is 0 Å². The molecule has 64 heavy (non-hydrogen) atoms. The van der Waals surface area contributed by atoms with Gasteiger partial charge in [0.05, 0.1) is 46.7 Å². The van der Waals surface area contributed by atoms with E-state index in [1.165, 1.54) is 48.5 Å². The van der Waals surface area contributed by atoms with Crippen molar-refractivity contribution >= 4 is 70.2 Å². The van der Waals surface area contributed by atoms with Crippen LogP contribution in [0.15, 0.2) is 121 Å². The molecule has 7 aromatic rings. The minimum absolute atomic E-state index is 0. The number of aromatic carboxylic acids is 4. The summed E-state index contributed by atoms with van der Waals surface area (Å²) in [4.78, 5) is 65.4. The summed E-state index contributed by atoms with van der Waals surface area (Å²) in [6.07, 6.45) is 7.07. The fourth-order valence-corrected chi connectivity index (χ4v) is 7.63. The van der Waals surface area contributed by atoms with E-state index in [-0.39, 0.29) is 140 Å². The molecule has 2 aliphatic heterocycles. The van der Waals surface area contributed by atoms with Crippen LogP contribution in [0.1, 0.15) is 64.2 Å². The summed E-state index contributed by atoms with van der Waals surface area (Å²) < 4.78 is 0. The smallest absolute Gasteiger partial charge is 0.545 e. The molecule has 0 unspecified atom stereocenters. The number of carboxylic acids is 4. The summed E-state index contributed by atoms with van der Waals surface area (Å²) in [5, 5.41) is 48.3. The van der Waals surface area contributed by atoms with Crippen LogP contribution in [-0.4, -0.2) is 43.8 Å². The second-order valence-electron chi connectivity index (χ2n) is 14.0. The Morgan fingerprint density at radius 2 is 0.562 bits per heavy atom. The van der Waals surface area contributed by atoms with Gasteiger partial charge in [-0.25, -0.2) is 9.97 Å². The number of hydrogen-bond donors (Lipinski definition) is 2. The molecule has 12 nitrogen and oxygen atoms in total. The molecule has 9 rings (SSSR count). The van der Waals surface area contributed by atoms with Crippen LogP contribution in [0.3, 0.4) is 0 Å². The Bertz CT molecular complexity index is 2850. The first-order chi connectivity index (χ1) is 29.0. The first-order valence-electron chi connectivity index (χ1n) is 18.5. The van der Waals surface area contributed by atoms with Crippen molar-refractivity contribution in [2.24, 2.45) is 0 Å². The third-order valence-electron chi connectivity index (χ3n) is 10.3. The van der Waals surface area contributed by atoms with Gasteiger partial charge in [0.2, 0.25) is 0 Å². The van der Waals surface area contributed by atoms with E-state index >= 15 is 0 Å². The molecule has 8 bridgehead atoms. The molecule has 0 atom stereocenters. The van der Waals surface area contributed by atoms with Gasteiger partial charge in [0.15, 0.2) is 0 Å². The van der Waals surface area contributed by atoms with E-state index in [4.69, 9.17) is 9.97 Å². The number of nitrogens with zero attached hydrogens (tertiary/aromatic N) is 2. The molecular weight excluding hydrogens is 853 g/mol. The van der Waals surface area contributed by atoms with E-state index < -0.39 is 23.9 Å². The van der Waals surface area contributed by atoms with Crippen LogP contribution in [0.25, 0.3) is 90.9 Å². The molecule has 0 fully saturated rings. The molecule has 5 heterocycles. The summed E-state index contributed by atoms with van der Waals surface area (Å²) in [5.41, 5.74) is 7.58. The van der Waals surface area contributed by atoms with Gasteiger partial charge < -0.3 is 49.6 Å². The number of hydrogen-bond acceptors (Lipinski definition) is 10. The monoisotopic (exact) mass is 878 g/mol. The largest absolute Gasteiger partial charge is 1.00 e. The zero-order chi connectivity index (χ0) is 41.7. The molecule has 4 aromatic carbocycles. The summed E-state index contributed by atoms with van der Waals surface area (Å²) in [5.74, 6) is -5.49. The van der Waals surface area contributed by atoms with Crippen molar-refractivity contribution in [2.75, 3.05) is 0 Å². The van der Waals surface area contributed by atoms with Crippen LogP contribution in [0, 0.1) is 0 Å². The number of carboxylic acid groups (broad SMARTS) is 4. The van der Waals surface area contributed by atoms with Crippen LogP contribution in [-0.2, 0) is 0 Å². The number of carbonyl (C=O) groups excluding carboxylic acids is 4. The minimum atomic E-state index is -1.37. The van der Waals surface area contributed by atoms with Gasteiger partial charge in [-0.05, 0) is 117 Å². The van der Waals surface area contributed by atoms with E-state index in [1.54, 1.807) is 97.1 Å². The van der Waals surface area contributed by atoms with E-state index in [0.29, 0.717) is 89.4 Å². The standard InChI is InChI=1S/C48H30N4O8.4Na/c53-45(54)29-9-1-5-25(21-29)41-33-13-15-35(49-33)42(26-6-2-10-30(22-26)46(55)56)37-17-19-39(51-37)44(28-8-4-12-32(24-28)48(59)60)40-20-18-38(52-40)43(36-16-14-34(41)50-36)27-7-3-11-31(23-27)47(57)58;;;;/h1-24,49,52H,(H,53,54)(H,55,56)(H,57,58)(H,59,60);;;;/q;4*+1/p-4. The summed E-state index contributed by atoms with van der Waals surface area (Å²) in [6.45, 7) is 0. The van der Waals surface area contributed by atoms with Crippen molar-refractivity contribution < 1.29 is 158 Å². The molecule has 0 amide bonds. The Balaban J connectivity index is 0.00000193. The predicted molar refractivity (Wildman–Crippen MR) is 218 cm³/mol. The molecule has 2 aliphatic rings. The second-order valence-corrected chi connectivity index (χ2v) is 14.0. The normalized spacial score (nSPS) is 11.0. The van der Waals surface area contributed by atoms with Crippen molar-refractivity contribution in [1.82, 2.24) is 19.9 Å². The van der Waals surface area contributed by atoms with Crippen molar-refractivity contribution in [3.63, 3.8) is 0 Å². The second kappa shape index (κ2) is 21.1. The van der Waals surface area contributed by atoms with E-state index in [2.05, 4.69) is 9.97 Å². The van der Waals surface area contributed by atoms with Gasteiger partial charge in [-0.2, -0.15) is 0 Å². The van der Waals surface area contributed by atoms with Crippen LogP contribution < -0.4 is 139 Å². The van der Waals surface area contributed by atoms with Crippen LogP contribution in [0.2, 0.25) is 0 Å². The van der Waals surface area contributed by atoms with E-state index in [1.807, 2.05) is 0 Å². The maximum Gasteiger partial charge on any atom is 1.00 e. The fourth-order valence-electron chi connectivity index (χ4n) is 7.63. The minimum Gasteiger partial charge on any atom is -0.545 e. The molecule has 16 heteroatoms. The Kier molecular flexibility index (Phi) is 16.6.